The smallest absolute Gasteiger partial charge is 0.0806 e. The van der Waals surface area contributed by atoms with Crippen molar-refractivity contribution in [2.45, 2.75) is 19.0 Å². The topological polar surface area (TPSA) is 78.5 Å². The van der Waals surface area contributed by atoms with Crippen LogP contribution in [0.1, 0.15) is 12.5 Å². The minimum Gasteiger partial charge on any atom is -0.394 e. The molecule has 0 fully saturated rings. The minimum absolute atomic E-state index is 0.129. The van der Waals surface area contributed by atoms with E-state index in [2.05, 4.69) is 5.32 Å². The fourth-order valence-corrected chi connectivity index (χ4v) is 1.25. The van der Waals surface area contributed by atoms with Gasteiger partial charge in [0.1, 0.15) is 0 Å². The lowest BCUT2D eigenvalue weighted by Gasteiger charge is -2.27. The summed E-state index contributed by atoms with van der Waals surface area (Å²) in [6, 6.07) is 7.60. The lowest BCUT2D eigenvalue weighted by Crippen LogP contribution is -2.42. The van der Waals surface area contributed by atoms with E-state index in [-0.39, 0.29) is 13.2 Å². The van der Waals surface area contributed by atoms with Gasteiger partial charge >= 0.3 is 0 Å². The van der Waals surface area contributed by atoms with Gasteiger partial charge in [0.05, 0.1) is 18.8 Å². The summed E-state index contributed by atoms with van der Waals surface area (Å²) >= 11 is 0. The number of aliphatic hydroxyl groups excluding tert-OH is 2. The highest BCUT2D eigenvalue weighted by atomic mass is 16.3. The molecule has 84 valence electrons. The molecule has 1 rings (SSSR count). The van der Waals surface area contributed by atoms with Crippen LogP contribution in [0.15, 0.2) is 24.3 Å². The Labute approximate surface area is 89.7 Å². The summed E-state index contributed by atoms with van der Waals surface area (Å²) in [6.45, 7) is 1.97. The van der Waals surface area contributed by atoms with Crippen molar-refractivity contribution in [3.05, 3.63) is 29.8 Å². The van der Waals surface area contributed by atoms with Crippen LogP contribution in [-0.2, 0) is 6.54 Å². The molecule has 0 atom stereocenters. The number of nitrogens with two attached hydrogens (primary N) is 1. The zero-order chi connectivity index (χ0) is 11.3. The molecule has 1 aromatic carbocycles. The zero-order valence-corrected chi connectivity index (χ0v) is 8.90. The van der Waals surface area contributed by atoms with Gasteiger partial charge in [-0.25, -0.2) is 0 Å². The summed E-state index contributed by atoms with van der Waals surface area (Å²) < 4.78 is 0. The maximum absolute atomic E-state index is 9.13. The van der Waals surface area contributed by atoms with Gasteiger partial charge < -0.3 is 21.3 Å². The molecular formula is C11H18N2O2. The van der Waals surface area contributed by atoms with Crippen molar-refractivity contribution in [2.75, 3.05) is 18.5 Å². The van der Waals surface area contributed by atoms with Crippen molar-refractivity contribution >= 4 is 5.69 Å². The molecule has 0 saturated heterocycles. The van der Waals surface area contributed by atoms with E-state index < -0.39 is 5.54 Å². The Morgan fingerprint density at radius 2 is 2.00 bits per heavy atom. The zero-order valence-electron chi connectivity index (χ0n) is 8.90. The first-order chi connectivity index (χ1) is 7.13. The molecular weight excluding hydrogens is 192 g/mol. The van der Waals surface area contributed by atoms with Gasteiger partial charge in [-0.3, -0.25) is 0 Å². The van der Waals surface area contributed by atoms with E-state index in [0.717, 1.165) is 11.3 Å². The van der Waals surface area contributed by atoms with Crippen molar-refractivity contribution in [1.29, 1.82) is 0 Å². The Morgan fingerprint density at radius 1 is 1.33 bits per heavy atom. The molecule has 0 amide bonds. The molecule has 0 aliphatic rings. The molecule has 0 aliphatic heterocycles. The minimum atomic E-state index is -0.701. The van der Waals surface area contributed by atoms with E-state index in [1.807, 2.05) is 24.3 Å². The Bertz CT molecular complexity index is 311. The van der Waals surface area contributed by atoms with Crippen molar-refractivity contribution in [2.24, 2.45) is 5.73 Å². The monoisotopic (exact) mass is 210 g/mol. The molecule has 5 N–H and O–H groups in total. The Morgan fingerprint density at radius 3 is 2.53 bits per heavy atom. The third kappa shape index (κ3) is 3.20. The van der Waals surface area contributed by atoms with E-state index in [1.54, 1.807) is 6.92 Å². The predicted octanol–water partition coefficient (Wildman–Crippen LogP) is 0.301. The molecule has 15 heavy (non-hydrogen) atoms. The largest absolute Gasteiger partial charge is 0.394 e. The van der Waals surface area contributed by atoms with Crippen LogP contribution in [0, 0.1) is 0 Å². The van der Waals surface area contributed by atoms with E-state index in [9.17, 15) is 0 Å². The number of hydrogen-bond donors (Lipinski definition) is 4. The highest BCUT2D eigenvalue weighted by Crippen LogP contribution is 2.16. The normalized spacial score (nSPS) is 11.5. The second-order valence-electron chi connectivity index (χ2n) is 3.91. The Balaban J connectivity index is 2.79. The SMILES string of the molecule is CC(CO)(CO)Nc1cccc(CN)c1. The number of rotatable bonds is 5. The standard InChI is InChI=1S/C11H18N2O2/c1-11(7-14,8-15)13-10-4-2-3-9(5-10)6-12/h2-5,13-15H,6-8,12H2,1H3. The van der Waals surface area contributed by atoms with Crippen LogP contribution in [0.4, 0.5) is 5.69 Å². The van der Waals surface area contributed by atoms with E-state index in [1.165, 1.54) is 0 Å². The third-order valence-corrected chi connectivity index (χ3v) is 2.31. The van der Waals surface area contributed by atoms with Crippen molar-refractivity contribution in [3.8, 4) is 0 Å². The maximum atomic E-state index is 9.13. The number of hydrogen-bond acceptors (Lipinski definition) is 4. The van der Waals surface area contributed by atoms with Gasteiger partial charge in [-0.15, -0.1) is 0 Å². The number of nitrogens with one attached hydrogen (secondary N) is 1. The summed E-state index contributed by atoms with van der Waals surface area (Å²) in [7, 11) is 0. The molecule has 0 spiro atoms. The van der Waals surface area contributed by atoms with Gasteiger partial charge in [-0.05, 0) is 24.6 Å². The van der Waals surface area contributed by atoms with Gasteiger partial charge in [-0.1, -0.05) is 12.1 Å². The second kappa shape index (κ2) is 5.11. The fourth-order valence-electron chi connectivity index (χ4n) is 1.25. The van der Waals surface area contributed by atoms with Crippen LogP contribution < -0.4 is 11.1 Å². The molecule has 0 saturated carbocycles. The molecule has 0 aromatic heterocycles. The summed E-state index contributed by atoms with van der Waals surface area (Å²) in [5, 5.41) is 21.3. The van der Waals surface area contributed by atoms with Gasteiger partial charge in [0.2, 0.25) is 0 Å². The molecule has 0 heterocycles. The fraction of sp³-hybridized carbons (Fsp3) is 0.455. The summed E-state index contributed by atoms with van der Waals surface area (Å²) in [5.41, 5.74) is 6.68. The maximum Gasteiger partial charge on any atom is 0.0806 e. The Kier molecular flexibility index (Phi) is 4.08. The average Bonchev–Trinajstić information content (AvgIpc) is 2.29. The van der Waals surface area contributed by atoms with Crippen LogP contribution in [0.2, 0.25) is 0 Å². The predicted molar refractivity (Wildman–Crippen MR) is 60.5 cm³/mol. The third-order valence-electron chi connectivity index (χ3n) is 2.31. The quantitative estimate of drug-likeness (QED) is 0.563. The lowest BCUT2D eigenvalue weighted by atomic mass is 10.0. The molecule has 0 aliphatic carbocycles. The van der Waals surface area contributed by atoms with Crippen LogP contribution >= 0.6 is 0 Å². The molecule has 4 heteroatoms. The molecule has 1 aromatic rings. The second-order valence-corrected chi connectivity index (χ2v) is 3.91. The number of aliphatic hydroxyl groups is 2. The molecule has 4 nitrogen and oxygen atoms in total. The van der Waals surface area contributed by atoms with Crippen molar-refractivity contribution in [1.82, 2.24) is 0 Å². The van der Waals surface area contributed by atoms with Gasteiger partial charge in [0.15, 0.2) is 0 Å². The van der Waals surface area contributed by atoms with Gasteiger partial charge in [0, 0.05) is 12.2 Å². The summed E-state index contributed by atoms with van der Waals surface area (Å²) in [5.74, 6) is 0. The average molecular weight is 210 g/mol. The highest BCUT2D eigenvalue weighted by Gasteiger charge is 2.21. The van der Waals surface area contributed by atoms with Crippen LogP contribution in [-0.4, -0.2) is 29.0 Å². The molecule has 0 bridgehead atoms. The molecule has 0 radical (unpaired) electrons. The van der Waals surface area contributed by atoms with Crippen LogP contribution in [0.5, 0.6) is 0 Å². The van der Waals surface area contributed by atoms with Crippen LogP contribution in [0.3, 0.4) is 0 Å². The van der Waals surface area contributed by atoms with E-state index in [4.69, 9.17) is 15.9 Å². The van der Waals surface area contributed by atoms with Crippen LogP contribution in [0.25, 0.3) is 0 Å². The first-order valence-corrected chi connectivity index (χ1v) is 4.92. The lowest BCUT2D eigenvalue weighted by molar-refractivity contribution is 0.147. The van der Waals surface area contributed by atoms with Gasteiger partial charge in [0.25, 0.3) is 0 Å². The highest BCUT2D eigenvalue weighted by molar-refractivity contribution is 5.47. The van der Waals surface area contributed by atoms with Crippen molar-refractivity contribution < 1.29 is 10.2 Å². The van der Waals surface area contributed by atoms with E-state index >= 15 is 0 Å². The van der Waals surface area contributed by atoms with E-state index in [0.29, 0.717) is 6.54 Å². The molecule has 0 unspecified atom stereocenters. The first-order valence-electron chi connectivity index (χ1n) is 4.92. The Hall–Kier alpha value is -1.10. The number of anilines is 1. The summed E-state index contributed by atoms with van der Waals surface area (Å²) in [6.07, 6.45) is 0. The van der Waals surface area contributed by atoms with Crippen molar-refractivity contribution in [3.63, 3.8) is 0 Å². The number of benzene rings is 1. The first kappa shape index (κ1) is 12.0. The van der Waals surface area contributed by atoms with Gasteiger partial charge in [-0.2, -0.15) is 0 Å². The summed E-state index contributed by atoms with van der Waals surface area (Å²) in [4.78, 5) is 0.